The number of nitrogens with one attached hydrogen (secondary N) is 2. The van der Waals surface area contributed by atoms with E-state index in [1.807, 2.05) is 18.2 Å². The summed E-state index contributed by atoms with van der Waals surface area (Å²) in [5.74, 6) is 0. The fraction of sp³-hybridized carbons (Fsp3) is 0.350. The summed E-state index contributed by atoms with van der Waals surface area (Å²) < 4.78 is 0. The van der Waals surface area contributed by atoms with Gasteiger partial charge in [0.25, 0.3) is 0 Å². The predicted octanol–water partition coefficient (Wildman–Crippen LogP) is 4.65. The summed E-state index contributed by atoms with van der Waals surface area (Å²) in [6.07, 6.45) is 3.89. The average Bonchev–Trinajstić information content (AvgIpc) is 2.64. The molecule has 1 saturated heterocycles. The van der Waals surface area contributed by atoms with Crippen LogP contribution < -0.4 is 10.6 Å². The summed E-state index contributed by atoms with van der Waals surface area (Å²) in [4.78, 5) is 14.6. The van der Waals surface area contributed by atoms with Crippen LogP contribution in [0.1, 0.15) is 30.4 Å². The van der Waals surface area contributed by atoms with Gasteiger partial charge in [-0.25, -0.2) is 4.79 Å². The van der Waals surface area contributed by atoms with Crippen molar-refractivity contribution in [2.75, 3.05) is 18.4 Å². The maximum Gasteiger partial charge on any atom is 0.319 e. The number of benzene rings is 2. The van der Waals surface area contributed by atoms with Crippen LogP contribution >= 0.6 is 11.6 Å². The lowest BCUT2D eigenvalue weighted by Gasteiger charge is -2.27. The number of para-hydroxylation sites is 1. The van der Waals surface area contributed by atoms with E-state index in [9.17, 15) is 4.79 Å². The number of rotatable bonds is 5. The Morgan fingerprint density at radius 1 is 0.960 bits per heavy atom. The fourth-order valence-corrected chi connectivity index (χ4v) is 3.33. The molecule has 0 spiro atoms. The molecule has 1 aliphatic rings. The third-order valence-electron chi connectivity index (χ3n) is 4.52. The van der Waals surface area contributed by atoms with Crippen molar-refractivity contribution in [3.63, 3.8) is 0 Å². The number of anilines is 1. The third kappa shape index (κ3) is 5.21. The van der Waals surface area contributed by atoms with Gasteiger partial charge in [-0.3, -0.25) is 4.90 Å². The zero-order valence-corrected chi connectivity index (χ0v) is 15.1. The summed E-state index contributed by atoms with van der Waals surface area (Å²) in [5, 5.41) is 6.24. The van der Waals surface area contributed by atoms with E-state index in [0.717, 1.165) is 25.2 Å². The lowest BCUT2D eigenvalue weighted by Crippen LogP contribution is -2.31. The molecule has 5 heteroatoms. The minimum atomic E-state index is -0.249. The van der Waals surface area contributed by atoms with Crippen molar-refractivity contribution in [2.45, 2.75) is 32.4 Å². The Hall–Kier alpha value is -2.04. The van der Waals surface area contributed by atoms with Crippen molar-refractivity contribution < 1.29 is 4.79 Å². The highest BCUT2D eigenvalue weighted by atomic mass is 35.5. The van der Waals surface area contributed by atoms with Crippen LogP contribution in [-0.2, 0) is 13.1 Å². The van der Waals surface area contributed by atoms with Crippen LogP contribution in [0.5, 0.6) is 0 Å². The number of halogens is 1. The van der Waals surface area contributed by atoms with Crippen LogP contribution in [-0.4, -0.2) is 24.0 Å². The lowest BCUT2D eigenvalue weighted by molar-refractivity contribution is 0.220. The second-order valence-electron chi connectivity index (χ2n) is 6.39. The largest absolute Gasteiger partial charge is 0.334 e. The molecule has 0 aromatic heterocycles. The van der Waals surface area contributed by atoms with Gasteiger partial charge in [-0.05, 0) is 49.2 Å². The molecule has 0 aliphatic carbocycles. The second kappa shape index (κ2) is 8.88. The molecule has 2 aromatic rings. The normalized spacial score (nSPS) is 14.9. The van der Waals surface area contributed by atoms with Crippen LogP contribution in [0.25, 0.3) is 0 Å². The smallest absolute Gasteiger partial charge is 0.319 e. The Labute approximate surface area is 154 Å². The van der Waals surface area contributed by atoms with E-state index < -0.39 is 0 Å². The second-order valence-corrected chi connectivity index (χ2v) is 6.80. The van der Waals surface area contributed by atoms with Crippen molar-refractivity contribution >= 4 is 23.3 Å². The molecule has 0 saturated carbocycles. The van der Waals surface area contributed by atoms with E-state index in [-0.39, 0.29) is 6.03 Å². The predicted molar refractivity (Wildman–Crippen MR) is 103 cm³/mol. The van der Waals surface area contributed by atoms with Gasteiger partial charge >= 0.3 is 6.03 Å². The molecule has 0 bridgehead atoms. The standard InChI is InChI=1S/C20H24ClN3O/c21-18-10-4-5-11-19(18)23-20(25)22-14-16-8-2-3-9-17(16)15-24-12-6-1-7-13-24/h2-5,8-11H,1,6-7,12-15H2,(H2,22,23,25). The van der Waals surface area contributed by atoms with Crippen LogP contribution in [0.3, 0.4) is 0 Å². The first kappa shape index (κ1) is 17.8. The lowest BCUT2D eigenvalue weighted by atomic mass is 10.0. The number of nitrogens with zero attached hydrogens (tertiary/aromatic N) is 1. The fourth-order valence-electron chi connectivity index (χ4n) is 3.15. The number of piperidine rings is 1. The van der Waals surface area contributed by atoms with E-state index in [1.165, 1.54) is 24.8 Å². The van der Waals surface area contributed by atoms with Crippen LogP contribution in [0.15, 0.2) is 48.5 Å². The van der Waals surface area contributed by atoms with Gasteiger partial charge in [-0.2, -0.15) is 0 Å². The number of likely N-dealkylation sites (tertiary alicyclic amines) is 1. The van der Waals surface area contributed by atoms with E-state index in [2.05, 4.69) is 33.7 Å². The molecule has 25 heavy (non-hydrogen) atoms. The Morgan fingerprint density at radius 3 is 2.40 bits per heavy atom. The molecule has 0 unspecified atom stereocenters. The SMILES string of the molecule is O=C(NCc1ccccc1CN1CCCCC1)Nc1ccccc1Cl. The van der Waals surface area contributed by atoms with Gasteiger partial charge in [0.2, 0.25) is 0 Å². The van der Waals surface area contributed by atoms with E-state index in [0.29, 0.717) is 17.3 Å². The van der Waals surface area contributed by atoms with E-state index >= 15 is 0 Å². The Bertz CT molecular complexity index is 714. The molecule has 1 fully saturated rings. The van der Waals surface area contributed by atoms with Crippen LogP contribution in [0, 0.1) is 0 Å². The first-order valence-electron chi connectivity index (χ1n) is 8.81. The highest BCUT2D eigenvalue weighted by molar-refractivity contribution is 6.33. The van der Waals surface area contributed by atoms with Crippen molar-refractivity contribution in [1.29, 1.82) is 0 Å². The van der Waals surface area contributed by atoms with Gasteiger partial charge < -0.3 is 10.6 Å². The molecule has 0 atom stereocenters. The zero-order valence-electron chi connectivity index (χ0n) is 14.3. The van der Waals surface area contributed by atoms with E-state index in [4.69, 9.17) is 11.6 Å². The summed E-state index contributed by atoms with van der Waals surface area (Å²) in [6, 6.07) is 15.3. The maximum absolute atomic E-state index is 12.1. The molecule has 0 radical (unpaired) electrons. The maximum atomic E-state index is 12.1. The highest BCUT2D eigenvalue weighted by Gasteiger charge is 2.13. The summed E-state index contributed by atoms with van der Waals surface area (Å²) in [5.41, 5.74) is 3.05. The van der Waals surface area contributed by atoms with Gasteiger partial charge in [0, 0.05) is 13.1 Å². The first-order chi connectivity index (χ1) is 12.2. The van der Waals surface area contributed by atoms with E-state index in [1.54, 1.807) is 12.1 Å². The number of carbonyl (C=O) groups excluding carboxylic acids is 1. The summed E-state index contributed by atoms with van der Waals surface area (Å²) >= 11 is 6.07. The monoisotopic (exact) mass is 357 g/mol. The molecular formula is C20H24ClN3O. The van der Waals surface area contributed by atoms with Crippen molar-refractivity contribution in [2.24, 2.45) is 0 Å². The highest BCUT2D eigenvalue weighted by Crippen LogP contribution is 2.20. The van der Waals surface area contributed by atoms with Gasteiger partial charge in [-0.1, -0.05) is 54.4 Å². The van der Waals surface area contributed by atoms with Crippen molar-refractivity contribution in [3.05, 3.63) is 64.7 Å². The summed E-state index contributed by atoms with van der Waals surface area (Å²) in [7, 11) is 0. The number of amides is 2. The quantitative estimate of drug-likeness (QED) is 0.818. The Morgan fingerprint density at radius 2 is 1.64 bits per heavy atom. The molecule has 2 aromatic carbocycles. The van der Waals surface area contributed by atoms with Gasteiger partial charge in [0.15, 0.2) is 0 Å². The van der Waals surface area contributed by atoms with Gasteiger partial charge in [0.1, 0.15) is 0 Å². The molecule has 2 amide bonds. The number of hydrogen-bond acceptors (Lipinski definition) is 2. The molecule has 1 heterocycles. The van der Waals surface area contributed by atoms with Crippen LogP contribution in [0.4, 0.5) is 10.5 Å². The molecule has 132 valence electrons. The minimum absolute atomic E-state index is 0.249. The van der Waals surface area contributed by atoms with Gasteiger partial charge in [-0.15, -0.1) is 0 Å². The number of urea groups is 1. The molecule has 2 N–H and O–H groups in total. The van der Waals surface area contributed by atoms with Crippen LogP contribution in [0.2, 0.25) is 5.02 Å². The average molecular weight is 358 g/mol. The van der Waals surface area contributed by atoms with Crippen molar-refractivity contribution in [1.82, 2.24) is 10.2 Å². The first-order valence-corrected chi connectivity index (χ1v) is 9.19. The van der Waals surface area contributed by atoms with Gasteiger partial charge in [0.05, 0.1) is 10.7 Å². The Kier molecular flexibility index (Phi) is 6.31. The zero-order chi connectivity index (χ0) is 17.5. The number of hydrogen-bond donors (Lipinski definition) is 2. The summed E-state index contributed by atoms with van der Waals surface area (Å²) in [6.45, 7) is 3.77. The third-order valence-corrected chi connectivity index (χ3v) is 4.85. The minimum Gasteiger partial charge on any atom is -0.334 e. The van der Waals surface area contributed by atoms with Crippen molar-refractivity contribution in [3.8, 4) is 0 Å². The Balaban J connectivity index is 1.57. The topological polar surface area (TPSA) is 44.4 Å². The molecular weight excluding hydrogens is 334 g/mol. The molecule has 3 rings (SSSR count). The molecule has 4 nitrogen and oxygen atoms in total. The number of carbonyl (C=O) groups is 1. The molecule has 1 aliphatic heterocycles.